The lowest BCUT2D eigenvalue weighted by Crippen LogP contribution is -2.40. The van der Waals surface area contributed by atoms with E-state index in [4.69, 9.17) is 4.74 Å². The molecule has 0 aromatic heterocycles. The summed E-state index contributed by atoms with van der Waals surface area (Å²) in [5.74, 6) is -1.92. The number of rotatable bonds is 7. The van der Waals surface area contributed by atoms with Crippen molar-refractivity contribution in [2.24, 2.45) is 0 Å². The van der Waals surface area contributed by atoms with Crippen LogP contribution in [0.15, 0.2) is 66.7 Å². The molecule has 1 aliphatic carbocycles. The predicted molar refractivity (Wildman–Crippen MR) is 124 cm³/mol. The maximum absolute atomic E-state index is 13.9. The van der Waals surface area contributed by atoms with Gasteiger partial charge in [-0.15, -0.1) is 0 Å². The summed E-state index contributed by atoms with van der Waals surface area (Å²) in [6.45, 7) is 3.80. The van der Waals surface area contributed by atoms with Crippen molar-refractivity contribution in [3.8, 4) is 11.1 Å². The van der Waals surface area contributed by atoms with Gasteiger partial charge in [0, 0.05) is 12.5 Å². The van der Waals surface area contributed by atoms with E-state index in [0.29, 0.717) is 12.0 Å². The van der Waals surface area contributed by atoms with E-state index in [2.05, 4.69) is 0 Å². The number of ether oxygens (including phenoxy) is 1. The van der Waals surface area contributed by atoms with E-state index in [1.807, 2.05) is 55.5 Å². The highest BCUT2D eigenvalue weighted by atomic mass is 19.1. The largest absolute Gasteiger partial charge is 0.479 e. The summed E-state index contributed by atoms with van der Waals surface area (Å²) in [5.41, 5.74) is 5.20. The minimum absolute atomic E-state index is 0.0849. The first-order chi connectivity index (χ1) is 15.9. The van der Waals surface area contributed by atoms with Crippen molar-refractivity contribution in [3.05, 3.63) is 94.8 Å². The smallest absolute Gasteiger partial charge is 0.410 e. The molecule has 1 atom stereocenters. The van der Waals surface area contributed by atoms with Crippen LogP contribution in [0.3, 0.4) is 0 Å². The molecule has 0 fully saturated rings. The van der Waals surface area contributed by atoms with E-state index in [1.54, 1.807) is 6.92 Å². The first-order valence-corrected chi connectivity index (χ1v) is 11.0. The lowest BCUT2D eigenvalue weighted by molar-refractivity contribution is -0.143. The number of amides is 1. The van der Waals surface area contributed by atoms with Gasteiger partial charge >= 0.3 is 12.1 Å². The quantitative estimate of drug-likeness (QED) is 0.488. The van der Waals surface area contributed by atoms with Gasteiger partial charge in [-0.25, -0.2) is 14.0 Å². The van der Waals surface area contributed by atoms with E-state index in [0.717, 1.165) is 22.3 Å². The average Bonchev–Trinajstić information content (AvgIpc) is 3.13. The second kappa shape index (κ2) is 9.45. The van der Waals surface area contributed by atoms with E-state index in [-0.39, 0.29) is 24.6 Å². The van der Waals surface area contributed by atoms with Crippen LogP contribution in [0.2, 0.25) is 0 Å². The molecule has 0 heterocycles. The summed E-state index contributed by atoms with van der Waals surface area (Å²) in [7, 11) is 0. The Morgan fingerprint density at radius 1 is 1.03 bits per heavy atom. The fourth-order valence-corrected chi connectivity index (χ4v) is 4.58. The number of halogens is 1. The van der Waals surface area contributed by atoms with Gasteiger partial charge in [-0.3, -0.25) is 4.90 Å². The molecule has 0 saturated carbocycles. The SMILES string of the molecule is CCCN(C(=O)OCC1c2ccccc2-c2ccccc21)C(C(=O)O)c1cc(F)ccc1C. The molecule has 3 aromatic rings. The van der Waals surface area contributed by atoms with Crippen LogP contribution in [0, 0.1) is 12.7 Å². The van der Waals surface area contributed by atoms with Crippen molar-refractivity contribution < 1.29 is 23.8 Å². The summed E-state index contributed by atoms with van der Waals surface area (Å²) in [4.78, 5) is 26.6. The Hall–Kier alpha value is -3.67. The second-order valence-electron chi connectivity index (χ2n) is 8.24. The minimum atomic E-state index is -1.34. The number of carbonyl (C=O) groups excluding carboxylic acids is 1. The van der Waals surface area contributed by atoms with Crippen LogP contribution in [0.1, 0.15) is 47.6 Å². The lowest BCUT2D eigenvalue weighted by Gasteiger charge is -2.29. The maximum atomic E-state index is 13.9. The fourth-order valence-electron chi connectivity index (χ4n) is 4.58. The number of carbonyl (C=O) groups is 2. The third-order valence-electron chi connectivity index (χ3n) is 6.12. The molecule has 1 amide bonds. The molecular formula is C27H26FNO4. The van der Waals surface area contributed by atoms with Gasteiger partial charge in [-0.2, -0.15) is 0 Å². The molecule has 1 aliphatic rings. The molecule has 1 unspecified atom stereocenters. The number of hydrogen-bond acceptors (Lipinski definition) is 3. The Labute approximate surface area is 192 Å². The molecule has 0 saturated heterocycles. The molecule has 0 spiro atoms. The zero-order chi connectivity index (χ0) is 23.5. The lowest BCUT2D eigenvalue weighted by atomic mass is 9.98. The highest BCUT2D eigenvalue weighted by Gasteiger charge is 2.35. The van der Waals surface area contributed by atoms with E-state index in [1.165, 1.54) is 23.1 Å². The summed E-state index contributed by atoms with van der Waals surface area (Å²) in [6, 6.07) is 18.6. The standard InChI is InChI=1S/C27H26FNO4/c1-3-14-29(25(26(30)31)23-15-18(28)13-12-17(23)2)27(32)33-16-24-21-10-6-4-8-19(21)20-9-5-7-11-22(20)24/h4-13,15,24-25H,3,14,16H2,1-2H3,(H,30,31). The molecular weight excluding hydrogens is 421 g/mol. The van der Waals surface area contributed by atoms with Gasteiger partial charge in [0.15, 0.2) is 6.04 Å². The highest BCUT2D eigenvalue weighted by Crippen LogP contribution is 2.44. The number of carboxylic acid groups (broad SMARTS) is 1. The number of aliphatic carboxylic acids is 1. The Bertz CT molecular complexity index is 1150. The predicted octanol–water partition coefficient (Wildman–Crippen LogP) is 5.92. The monoisotopic (exact) mass is 447 g/mol. The van der Waals surface area contributed by atoms with E-state index >= 15 is 0 Å². The van der Waals surface area contributed by atoms with Crippen molar-refractivity contribution >= 4 is 12.1 Å². The van der Waals surface area contributed by atoms with Crippen LogP contribution < -0.4 is 0 Å². The van der Waals surface area contributed by atoms with E-state index < -0.39 is 23.9 Å². The average molecular weight is 448 g/mol. The number of hydrogen-bond donors (Lipinski definition) is 1. The van der Waals surface area contributed by atoms with Gasteiger partial charge in [-0.05, 0) is 58.9 Å². The number of fused-ring (bicyclic) bond motifs is 3. The fraction of sp³-hybridized carbons (Fsp3) is 0.259. The van der Waals surface area contributed by atoms with Crippen LogP contribution in [-0.4, -0.2) is 35.2 Å². The molecule has 5 nitrogen and oxygen atoms in total. The molecule has 3 aromatic carbocycles. The molecule has 4 rings (SSSR count). The Balaban J connectivity index is 1.61. The van der Waals surface area contributed by atoms with Crippen molar-refractivity contribution in [1.82, 2.24) is 4.90 Å². The topological polar surface area (TPSA) is 66.8 Å². The molecule has 33 heavy (non-hydrogen) atoms. The summed E-state index contributed by atoms with van der Waals surface area (Å²) < 4.78 is 19.6. The summed E-state index contributed by atoms with van der Waals surface area (Å²) in [6.07, 6.45) is -0.197. The Morgan fingerprint density at radius 2 is 1.64 bits per heavy atom. The van der Waals surface area contributed by atoms with Crippen LogP contribution in [0.4, 0.5) is 9.18 Å². The number of benzene rings is 3. The second-order valence-corrected chi connectivity index (χ2v) is 8.24. The first-order valence-electron chi connectivity index (χ1n) is 11.0. The van der Waals surface area contributed by atoms with Crippen LogP contribution in [0.5, 0.6) is 0 Å². The number of aryl methyl sites for hydroxylation is 1. The molecule has 0 bridgehead atoms. The Morgan fingerprint density at radius 3 is 2.21 bits per heavy atom. The number of carboxylic acids is 1. The van der Waals surface area contributed by atoms with E-state index in [9.17, 15) is 19.1 Å². The van der Waals surface area contributed by atoms with Gasteiger partial charge in [0.1, 0.15) is 12.4 Å². The molecule has 170 valence electrons. The van der Waals surface area contributed by atoms with Crippen molar-refractivity contribution in [3.63, 3.8) is 0 Å². The maximum Gasteiger partial charge on any atom is 0.410 e. The zero-order valence-electron chi connectivity index (χ0n) is 18.6. The van der Waals surface area contributed by atoms with Crippen LogP contribution in [0.25, 0.3) is 11.1 Å². The van der Waals surface area contributed by atoms with Crippen LogP contribution in [-0.2, 0) is 9.53 Å². The molecule has 0 aliphatic heterocycles. The minimum Gasteiger partial charge on any atom is -0.479 e. The van der Waals surface area contributed by atoms with Crippen molar-refractivity contribution in [2.75, 3.05) is 13.2 Å². The highest BCUT2D eigenvalue weighted by molar-refractivity contribution is 5.82. The first kappa shape index (κ1) is 22.5. The molecule has 1 N–H and O–H groups in total. The third-order valence-corrected chi connectivity index (χ3v) is 6.12. The van der Waals surface area contributed by atoms with Gasteiger partial charge in [-0.1, -0.05) is 61.5 Å². The summed E-state index contributed by atoms with van der Waals surface area (Å²) in [5, 5.41) is 9.96. The van der Waals surface area contributed by atoms with Crippen molar-refractivity contribution in [1.29, 1.82) is 0 Å². The van der Waals surface area contributed by atoms with Crippen molar-refractivity contribution in [2.45, 2.75) is 32.2 Å². The third kappa shape index (κ3) is 4.33. The molecule has 6 heteroatoms. The van der Waals surface area contributed by atoms with Crippen LogP contribution >= 0.6 is 0 Å². The van der Waals surface area contributed by atoms with Gasteiger partial charge < -0.3 is 9.84 Å². The zero-order valence-corrected chi connectivity index (χ0v) is 18.6. The van der Waals surface area contributed by atoms with Gasteiger partial charge in [0.05, 0.1) is 0 Å². The van der Waals surface area contributed by atoms with Gasteiger partial charge in [0.2, 0.25) is 0 Å². The Kier molecular flexibility index (Phi) is 6.45. The van der Waals surface area contributed by atoms with Gasteiger partial charge in [0.25, 0.3) is 0 Å². The molecule has 0 radical (unpaired) electrons. The number of nitrogens with zero attached hydrogens (tertiary/aromatic N) is 1. The normalized spacial score (nSPS) is 13.2. The summed E-state index contributed by atoms with van der Waals surface area (Å²) >= 11 is 0.